The van der Waals surface area contributed by atoms with Crippen molar-refractivity contribution in [1.82, 2.24) is 19.9 Å². The maximum Gasteiger partial charge on any atom is 0.409 e. The minimum atomic E-state index is -0.229. The van der Waals surface area contributed by atoms with Crippen LogP contribution < -0.4 is 0 Å². The number of nitrogens with zero attached hydrogens (tertiary/aromatic N) is 4. The number of amides is 1. The Morgan fingerprint density at radius 3 is 2.67 bits per heavy atom. The molecule has 1 saturated heterocycles. The fourth-order valence-electron chi connectivity index (χ4n) is 1.91. The van der Waals surface area contributed by atoms with Crippen LogP contribution in [0.4, 0.5) is 4.79 Å². The fraction of sp³-hybridized carbons (Fsp3) is 0.727. The van der Waals surface area contributed by atoms with Gasteiger partial charge in [-0.1, -0.05) is 5.16 Å². The van der Waals surface area contributed by atoms with Gasteiger partial charge in [0, 0.05) is 33.1 Å². The third-order valence-corrected chi connectivity index (χ3v) is 2.83. The first-order valence-electron chi connectivity index (χ1n) is 6.12. The molecule has 18 heavy (non-hydrogen) atoms. The predicted molar refractivity (Wildman–Crippen MR) is 62.9 cm³/mol. The largest absolute Gasteiger partial charge is 0.450 e. The average molecular weight is 254 g/mol. The van der Waals surface area contributed by atoms with Crippen molar-refractivity contribution in [2.24, 2.45) is 0 Å². The van der Waals surface area contributed by atoms with Crippen LogP contribution in [0.15, 0.2) is 4.52 Å². The van der Waals surface area contributed by atoms with Gasteiger partial charge in [0.2, 0.25) is 5.89 Å². The summed E-state index contributed by atoms with van der Waals surface area (Å²) in [6, 6.07) is 0. The van der Waals surface area contributed by atoms with Crippen LogP contribution in [0.25, 0.3) is 0 Å². The summed E-state index contributed by atoms with van der Waals surface area (Å²) in [5, 5.41) is 3.86. The lowest BCUT2D eigenvalue weighted by molar-refractivity contribution is 0.0769. The Morgan fingerprint density at radius 1 is 1.39 bits per heavy atom. The Kier molecular flexibility index (Phi) is 4.14. The van der Waals surface area contributed by atoms with Crippen LogP contribution in [0.5, 0.6) is 0 Å². The number of aryl methyl sites for hydroxylation is 1. The first-order chi connectivity index (χ1) is 8.69. The third-order valence-electron chi connectivity index (χ3n) is 2.83. The highest BCUT2D eigenvalue weighted by molar-refractivity contribution is 5.67. The summed E-state index contributed by atoms with van der Waals surface area (Å²) in [5.74, 6) is 1.27. The molecule has 0 N–H and O–H groups in total. The Hall–Kier alpha value is -1.63. The first-order valence-corrected chi connectivity index (χ1v) is 6.12. The summed E-state index contributed by atoms with van der Waals surface area (Å²) >= 11 is 0. The summed E-state index contributed by atoms with van der Waals surface area (Å²) in [6.45, 7) is 7.61. The molecule has 0 saturated carbocycles. The van der Waals surface area contributed by atoms with E-state index < -0.39 is 0 Å². The van der Waals surface area contributed by atoms with Gasteiger partial charge in [-0.05, 0) is 6.92 Å². The van der Waals surface area contributed by atoms with E-state index >= 15 is 0 Å². The molecule has 1 aliphatic heterocycles. The second-order valence-electron chi connectivity index (χ2n) is 4.19. The van der Waals surface area contributed by atoms with Gasteiger partial charge in [0.1, 0.15) is 0 Å². The van der Waals surface area contributed by atoms with Crippen LogP contribution in [-0.2, 0) is 11.3 Å². The molecule has 7 nitrogen and oxygen atoms in total. The van der Waals surface area contributed by atoms with Gasteiger partial charge in [0.15, 0.2) is 5.82 Å². The van der Waals surface area contributed by atoms with E-state index in [9.17, 15) is 4.79 Å². The van der Waals surface area contributed by atoms with Crippen molar-refractivity contribution in [2.45, 2.75) is 20.4 Å². The van der Waals surface area contributed by atoms with Crippen molar-refractivity contribution in [3.63, 3.8) is 0 Å². The minimum Gasteiger partial charge on any atom is -0.450 e. The monoisotopic (exact) mass is 254 g/mol. The molecule has 0 aromatic carbocycles. The Balaban J connectivity index is 1.78. The van der Waals surface area contributed by atoms with E-state index in [4.69, 9.17) is 9.26 Å². The quantitative estimate of drug-likeness (QED) is 0.788. The lowest BCUT2D eigenvalue weighted by atomic mass is 10.3. The molecule has 1 aromatic heterocycles. The highest BCUT2D eigenvalue weighted by atomic mass is 16.6. The predicted octanol–water partition coefficient (Wildman–Crippen LogP) is 0.652. The fourth-order valence-corrected chi connectivity index (χ4v) is 1.91. The number of carbonyl (C=O) groups is 1. The van der Waals surface area contributed by atoms with Crippen LogP contribution in [0.1, 0.15) is 18.6 Å². The summed E-state index contributed by atoms with van der Waals surface area (Å²) in [4.78, 5) is 19.6. The van der Waals surface area contributed by atoms with E-state index in [1.807, 2.05) is 6.92 Å². The van der Waals surface area contributed by atoms with Crippen molar-refractivity contribution in [3.8, 4) is 0 Å². The number of hydrogen-bond acceptors (Lipinski definition) is 6. The topological polar surface area (TPSA) is 71.7 Å². The molecule has 2 rings (SSSR count). The van der Waals surface area contributed by atoms with Gasteiger partial charge in [0.25, 0.3) is 0 Å². The zero-order chi connectivity index (χ0) is 13.0. The van der Waals surface area contributed by atoms with Crippen molar-refractivity contribution in [1.29, 1.82) is 0 Å². The molecule has 100 valence electrons. The van der Waals surface area contributed by atoms with E-state index in [0.29, 0.717) is 38.0 Å². The van der Waals surface area contributed by atoms with Crippen molar-refractivity contribution >= 4 is 6.09 Å². The molecule has 0 radical (unpaired) electrons. The molecule has 0 spiro atoms. The van der Waals surface area contributed by atoms with Crippen LogP contribution in [-0.4, -0.2) is 58.8 Å². The van der Waals surface area contributed by atoms with Gasteiger partial charge in [-0.2, -0.15) is 4.98 Å². The summed E-state index contributed by atoms with van der Waals surface area (Å²) < 4.78 is 9.89. The molecular weight excluding hydrogens is 236 g/mol. The van der Waals surface area contributed by atoms with E-state index in [1.165, 1.54) is 0 Å². The van der Waals surface area contributed by atoms with Crippen molar-refractivity contribution < 1.29 is 14.1 Å². The molecule has 1 fully saturated rings. The number of aromatic nitrogens is 2. The highest BCUT2D eigenvalue weighted by Gasteiger charge is 2.22. The Morgan fingerprint density at radius 2 is 2.11 bits per heavy atom. The van der Waals surface area contributed by atoms with E-state index in [0.717, 1.165) is 13.1 Å². The normalized spacial score (nSPS) is 16.9. The highest BCUT2D eigenvalue weighted by Crippen LogP contribution is 2.07. The smallest absolute Gasteiger partial charge is 0.409 e. The number of rotatable bonds is 3. The van der Waals surface area contributed by atoms with Crippen LogP contribution in [0.2, 0.25) is 0 Å². The molecule has 1 amide bonds. The molecule has 0 aliphatic carbocycles. The number of hydrogen-bond donors (Lipinski definition) is 0. The van der Waals surface area contributed by atoms with Crippen LogP contribution in [0.3, 0.4) is 0 Å². The van der Waals surface area contributed by atoms with Crippen LogP contribution in [0, 0.1) is 6.92 Å². The number of carbonyl (C=O) groups excluding carboxylic acids is 1. The summed E-state index contributed by atoms with van der Waals surface area (Å²) in [6.07, 6.45) is -0.229. The number of piperazine rings is 1. The van der Waals surface area contributed by atoms with Crippen molar-refractivity contribution in [2.75, 3.05) is 32.8 Å². The van der Waals surface area contributed by atoms with Crippen LogP contribution >= 0.6 is 0 Å². The van der Waals surface area contributed by atoms with Gasteiger partial charge < -0.3 is 14.2 Å². The second-order valence-corrected chi connectivity index (χ2v) is 4.19. The molecule has 0 unspecified atom stereocenters. The molecular formula is C11H18N4O3. The Labute approximate surface area is 106 Å². The molecule has 2 heterocycles. The average Bonchev–Trinajstić information content (AvgIpc) is 2.76. The lowest BCUT2D eigenvalue weighted by Crippen LogP contribution is -2.48. The second kappa shape index (κ2) is 5.81. The minimum absolute atomic E-state index is 0.229. The van der Waals surface area contributed by atoms with E-state index in [2.05, 4.69) is 15.0 Å². The number of ether oxygens (including phenoxy) is 1. The third kappa shape index (κ3) is 3.19. The maximum absolute atomic E-state index is 11.5. The SMILES string of the molecule is CCOC(=O)N1CCN(Cc2noc(C)n2)CC1. The summed E-state index contributed by atoms with van der Waals surface area (Å²) in [7, 11) is 0. The van der Waals surface area contributed by atoms with E-state index in [-0.39, 0.29) is 6.09 Å². The first kappa shape index (κ1) is 12.8. The molecule has 7 heteroatoms. The summed E-state index contributed by atoms with van der Waals surface area (Å²) in [5.41, 5.74) is 0. The van der Waals surface area contributed by atoms with Gasteiger partial charge in [-0.25, -0.2) is 4.79 Å². The maximum atomic E-state index is 11.5. The van der Waals surface area contributed by atoms with Gasteiger partial charge in [-0.15, -0.1) is 0 Å². The zero-order valence-corrected chi connectivity index (χ0v) is 10.8. The van der Waals surface area contributed by atoms with Gasteiger partial charge >= 0.3 is 6.09 Å². The Bertz CT molecular complexity index is 399. The molecule has 0 atom stereocenters. The standard InChI is InChI=1S/C11H18N4O3/c1-3-17-11(16)15-6-4-14(5-7-15)8-10-12-9(2)18-13-10/h3-8H2,1-2H3. The lowest BCUT2D eigenvalue weighted by Gasteiger charge is -2.33. The zero-order valence-electron chi connectivity index (χ0n) is 10.8. The molecule has 1 aromatic rings. The van der Waals surface area contributed by atoms with Gasteiger partial charge in [-0.3, -0.25) is 4.90 Å². The van der Waals surface area contributed by atoms with Gasteiger partial charge in [0.05, 0.1) is 13.2 Å². The molecule has 0 bridgehead atoms. The molecule has 1 aliphatic rings. The van der Waals surface area contributed by atoms with Crippen molar-refractivity contribution in [3.05, 3.63) is 11.7 Å². The van der Waals surface area contributed by atoms with E-state index in [1.54, 1.807) is 11.8 Å².